The highest BCUT2D eigenvalue weighted by Gasteiger charge is 2.19. The van der Waals surface area contributed by atoms with E-state index in [1.807, 2.05) is 18.3 Å². The molecule has 0 bridgehead atoms. The lowest BCUT2D eigenvalue weighted by Crippen LogP contribution is -2.46. The van der Waals surface area contributed by atoms with Crippen molar-refractivity contribution in [3.8, 4) is 11.3 Å². The summed E-state index contributed by atoms with van der Waals surface area (Å²) in [5.41, 5.74) is 4.85. The van der Waals surface area contributed by atoms with Gasteiger partial charge in [0.1, 0.15) is 5.76 Å². The van der Waals surface area contributed by atoms with E-state index in [-0.39, 0.29) is 0 Å². The summed E-state index contributed by atoms with van der Waals surface area (Å²) in [4.78, 5) is 8.38. The van der Waals surface area contributed by atoms with Crippen LogP contribution in [0.3, 0.4) is 0 Å². The molecule has 3 heterocycles. The topological polar surface area (TPSA) is 35.4 Å². The zero-order valence-corrected chi connectivity index (χ0v) is 16.5. The van der Waals surface area contributed by atoms with E-state index in [2.05, 4.69) is 45.1 Å². The lowest BCUT2D eigenvalue weighted by atomic mass is 10.1. The van der Waals surface area contributed by atoms with Gasteiger partial charge in [0.05, 0.1) is 0 Å². The average Bonchev–Trinajstić information content (AvgIpc) is 3.38. The predicted molar refractivity (Wildman–Crippen MR) is 115 cm³/mol. The number of aromatic amines is 1. The van der Waals surface area contributed by atoms with E-state index in [1.54, 1.807) is 0 Å². The van der Waals surface area contributed by atoms with Gasteiger partial charge in [-0.1, -0.05) is 12.1 Å². The Morgan fingerprint density at radius 1 is 0.931 bits per heavy atom. The van der Waals surface area contributed by atoms with Crippen LogP contribution in [-0.4, -0.2) is 42.6 Å². The smallest absolute Gasteiger partial charge is 0.278 e. The molecule has 4 nitrogen and oxygen atoms in total. The first kappa shape index (κ1) is 18.3. The van der Waals surface area contributed by atoms with Crippen molar-refractivity contribution in [2.75, 3.05) is 37.6 Å². The third-order valence-electron chi connectivity index (χ3n) is 6.09. The third kappa shape index (κ3) is 3.75. The minimum Gasteiger partial charge on any atom is -0.431 e. The van der Waals surface area contributed by atoms with Gasteiger partial charge in [-0.15, -0.1) is 0 Å². The molecular weight excluding hydrogens is 365 g/mol. The maximum Gasteiger partial charge on any atom is 0.278 e. The number of H-pyrrole nitrogens is 1. The van der Waals surface area contributed by atoms with Crippen molar-refractivity contribution in [1.29, 1.82) is 0 Å². The van der Waals surface area contributed by atoms with Crippen molar-refractivity contribution in [3.05, 3.63) is 66.3 Å². The van der Waals surface area contributed by atoms with Gasteiger partial charge in [0.25, 0.3) is 6.01 Å². The van der Waals surface area contributed by atoms with Crippen LogP contribution in [0.5, 0.6) is 0 Å². The number of hydrogen-bond donors (Lipinski definition) is 1. The quantitative estimate of drug-likeness (QED) is 0.462. The lowest BCUT2D eigenvalue weighted by Gasteiger charge is -2.36. The van der Waals surface area contributed by atoms with Gasteiger partial charge in [0.2, 0.25) is 0 Å². The van der Waals surface area contributed by atoms with E-state index in [0.29, 0.717) is 5.76 Å². The number of anilines is 1. The van der Waals surface area contributed by atoms with Crippen LogP contribution in [0.2, 0.25) is 0 Å². The first-order valence-electron chi connectivity index (χ1n) is 10.5. The number of rotatable bonds is 6. The van der Waals surface area contributed by atoms with Crippen LogP contribution in [-0.2, 0) is 6.42 Å². The largest absolute Gasteiger partial charge is 0.431 e. The van der Waals surface area contributed by atoms with Gasteiger partial charge in [-0.3, -0.25) is 4.90 Å². The molecule has 0 atom stereocenters. The molecule has 0 saturated carbocycles. The van der Waals surface area contributed by atoms with Crippen LogP contribution in [0.4, 0.5) is 10.1 Å². The van der Waals surface area contributed by atoms with Crippen LogP contribution in [0, 0.1) is 6.01 Å². The molecule has 1 aromatic carbocycles. The normalized spacial score (nSPS) is 15.6. The minimum atomic E-state index is -0.526. The second-order valence-electron chi connectivity index (χ2n) is 7.88. The summed E-state index contributed by atoms with van der Waals surface area (Å²) in [6.07, 6.45) is 5.35. The highest BCUT2D eigenvalue weighted by Crippen LogP contribution is 2.30. The summed E-state index contributed by atoms with van der Waals surface area (Å²) in [6.45, 7) is 5.51. The molecule has 1 aliphatic carbocycles. The molecule has 2 aromatic rings. The Bertz CT molecular complexity index is 1060. The number of nitrogens with zero attached hydrogens (tertiary/aromatic N) is 2. The van der Waals surface area contributed by atoms with Crippen molar-refractivity contribution in [2.24, 2.45) is 0 Å². The SMILES string of the molecule is Fc1ccc2c(CCCCN3CCN(c4cccc5[nH]ccc45)CC3)ccc-2o1. The van der Waals surface area contributed by atoms with Gasteiger partial charge < -0.3 is 14.3 Å². The molecule has 5 rings (SSSR count). The molecule has 1 aromatic heterocycles. The fourth-order valence-corrected chi connectivity index (χ4v) is 4.51. The van der Waals surface area contributed by atoms with Crippen LogP contribution >= 0.6 is 0 Å². The molecule has 0 amide bonds. The Morgan fingerprint density at radius 2 is 1.83 bits per heavy atom. The highest BCUT2D eigenvalue weighted by molar-refractivity contribution is 5.92. The molecule has 1 N–H and O–H groups in total. The van der Waals surface area contributed by atoms with Crippen molar-refractivity contribution in [1.82, 2.24) is 9.88 Å². The number of hydrogen-bond acceptors (Lipinski definition) is 3. The molecule has 0 spiro atoms. The van der Waals surface area contributed by atoms with Crippen molar-refractivity contribution in [3.63, 3.8) is 0 Å². The standard InChI is InChI=1S/C24H26FN3O/c25-24-10-8-19-18(7-9-23(19)29-24)4-1-2-13-27-14-16-28(17-15-27)22-6-3-5-21-20(22)11-12-26-21/h3,5-12,26H,1-2,4,13-17H2. The van der Waals surface area contributed by atoms with Crippen LogP contribution in [0.15, 0.2) is 59.1 Å². The molecule has 150 valence electrons. The molecular formula is C24H26FN3O. The Balaban J connectivity index is 1.10. The Kier molecular flexibility index (Phi) is 4.98. The van der Waals surface area contributed by atoms with Crippen molar-refractivity contribution < 1.29 is 8.81 Å². The van der Waals surface area contributed by atoms with Gasteiger partial charge >= 0.3 is 0 Å². The van der Waals surface area contributed by atoms with Gasteiger partial charge in [-0.2, -0.15) is 4.39 Å². The Labute approximate surface area is 170 Å². The van der Waals surface area contributed by atoms with Gasteiger partial charge in [0.15, 0.2) is 0 Å². The second kappa shape index (κ2) is 7.91. The van der Waals surface area contributed by atoms with Gasteiger partial charge in [0, 0.05) is 60.6 Å². The maximum absolute atomic E-state index is 13.2. The maximum atomic E-state index is 13.2. The number of unbranched alkanes of at least 4 members (excludes halogenated alkanes) is 1. The second-order valence-corrected chi connectivity index (χ2v) is 7.88. The van der Waals surface area contributed by atoms with E-state index in [0.717, 1.165) is 51.1 Å². The van der Waals surface area contributed by atoms with Gasteiger partial charge in [-0.05, 0) is 61.7 Å². The monoisotopic (exact) mass is 391 g/mol. The first-order chi connectivity index (χ1) is 14.3. The summed E-state index contributed by atoms with van der Waals surface area (Å²) < 4.78 is 18.3. The van der Waals surface area contributed by atoms with Gasteiger partial charge in [-0.25, -0.2) is 0 Å². The van der Waals surface area contributed by atoms with E-state index >= 15 is 0 Å². The Morgan fingerprint density at radius 3 is 2.72 bits per heavy atom. The number of aromatic nitrogens is 1. The minimum absolute atomic E-state index is 0.526. The zero-order valence-electron chi connectivity index (χ0n) is 16.5. The lowest BCUT2D eigenvalue weighted by molar-refractivity contribution is 0.253. The Hall–Kier alpha value is -2.79. The number of piperazine rings is 1. The third-order valence-corrected chi connectivity index (χ3v) is 6.09. The summed E-state index contributed by atoms with van der Waals surface area (Å²) in [6, 6.07) is 15.3. The van der Waals surface area contributed by atoms with E-state index in [4.69, 9.17) is 4.42 Å². The highest BCUT2D eigenvalue weighted by atomic mass is 19.1. The molecule has 3 aliphatic rings. The molecule has 2 aliphatic heterocycles. The van der Waals surface area contributed by atoms with E-state index in [1.165, 1.54) is 34.6 Å². The molecule has 0 unspecified atom stereocenters. The first-order valence-corrected chi connectivity index (χ1v) is 10.5. The van der Waals surface area contributed by atoms with E-state index in [9.17, 15) is 4.39 Å². The molecule has 0 radical (unpaired) electrons. The molecule has 29 heavy (non-hydrogen) atoms. The van der Waals surface area contributed by atoms with Crippen LogP contribution in [0.25, 0.3) is 22.2 Å². The molecule has 1 fully saturated rings. The van der Waals surface area contributed by atoms with Crippen LogP contribution in [0.1, 0.15) is 18.4 Å². The number of fused-ring (bicyclic) bond motifs is 2. The summed E-state index contributed by atoms with van der Waals surface area (Å²) in [5.74, 6) is 0.647. The number of benzene rings is 1. The number of nitrogens with one attached hydrogen (secondary N) is 1. The fourth-order valence-electron chi connectivity index (χ4n) is 4.51. The average molecular weight is 391 g/mol. The fraction of sp³-hybridized carbons (Fsp3) is 0.333. The van der Waals surface area contributed by atoms with Crippen molar-refractivity contribution >= 4 is 16.6 Å². The summed E-state index contributed by atoms with van der Waals surface area (Å²) in [5, 5.41) is 1.31. The molecule has 5 heteroatoms. The number of halogens is 1. The summed E-state index contributed by atoms with van der Waals surface area (Å²) in [7, 11) is 0. The van der Waals surface area contributed by atoms with Crippen LogP contribution < -0.4 is 4.90 Å². The molecule has 1 saturated heterocycles. The van der Waals surface area contributed by atoms with E-state index < -0.39 is 6.01 Å². The van der Waals surface area contributed by atoms with Crippen molar-refractivity contribution in [2.45, 2.75) is 19.3 Å². The predicted octanol–water partition coefficient (Wildman–Crippen LogP) is 5.15. The summed E-state index contributed by atoms with van der Waals surface area (Å²) >= 11 is 0. The zero-order chi connectivity index (χ0) is 19.6. The number of aryl methyl sites for hydroxylation is 1.